The van der Waals surface area contributed by atoms with Gasteiger partial charge in [0, 0.05) is 25.7 Å². The van der Waals surface area contributed by atoms with Gasteiger partial charge in [0.05, 0.1) is 14.7 Å². The zero-order chi connectivity index (χ0) is 15.4. The van der Waals surface area contributed by atoms with Crippen LogP contribution >= 0.6 is 11.3 Å². The molecule has 0 bridgehead atoms. The van der Waals surface area contributed by atoms with Crippen molar-refractivity contribution < 1.29 is 9.72 Å². The third kappa shape index (κ3) is 4.01. The molecule has 1 heterocycles. The number of aryl methyl sites for hydroxylation is 1. The van der Waals surface area contributed by atoms with Crippen molar-refractivity contribution in [2.75, 3.05) is 13.6 Å². The molecule has 1 aromatic heterocycles. The van der Waals surface area contributed by atoms with E-state index in [-0.39, 0.29) is 17.6 Å². The predicted octanol–water partition coefficient (Wildman–Crippen LogP) is 2.41. The molecule has 0 saturated carbocycles. The van der Waals surface area contributed by atoms with Gasteiger partial charge in [-0.15, -0.1) is 11.3 Å². The van der Waals surface area contributed by atoms with Crippen LogP contribution in [0.4, 0.5) is 5.69 Å². The molecule has 1 atom stereocenters. The van der Waals surface area contributed by atoms with Crippen LogP contribution in [0.15, 0.2) is 6.07 Å². The largest absolute Gasteiger partial charge is 0.341 e. The molecule has 0 fully saturated rings. The van der Waals surface area contributed by atoms with Crippen LogP contribution in [-0.2, 0) is 0 Å². The van der Waals surface area contributed by atoms with Gasteiger partial charge in [0.2, 0.25) is 0 Å². The van der Waals surface area contributed by atoms with E-state index in [1.54, 1.807) is 18.9 Å². The molecule has 0 saturated heterocycles. The maximum Gasteiger partial charge on any atom is 0.283 e. The SMILES string of the molecule is Cc1sc(C(=O)N(C)CCC(N)C(C)C)cc1[N+](=O)[O-]. The Kier molecular flexibility index (Phi) is 5.64. The first-order valence-electron chi connectivity index (χ1n) is 6.50. The summed E-state index contributed by atoms with van der Waals surface area (Å²) in [7, 11) is 1.69. The fraction of sp³-hybridized carbons (Fsp3) is 0.615. The highest BCUT2D eigenvalue weighted by molar-refractivity contribution is 7.14. The van der Waals surface area contributed by atoms with Gasteiger partial charge in [0.1, 0.15) is 0 Å². The van der Waals surface area contributed by atoms with E-state index < -0.39 is 4.92 Å². The number of hydrogen-bond donors (Lipinski definition) is 1. The normalized spacial score (nSPS) is 12.5. The summed E-state index contributed by atoms with van der Waals surface area (Å²) < 4.78 is 0. The van der Waals surface area contributed by atoms with E-state index in [2.05, 4.69) is 0 Å². The number of nitrogens with zero attached hydrogens (tertiary/aromatic N) is 2. The number of nitro groups is 1. The summed E-state index contributed by atoms with van der Waals surface area (Å²) in [4.78, 5) is 25.0. The van der Waals surface area contributed by atoms with Crippen molar-refractivity contribution in [3.63, 3.8) is 0 Å². The minimum absolute atomic E-state index is 0.00521. The Bertz CT molecular complexity index is 499. The summed E-state index contributed by atoms with van der Waals surface area (Å²) in [6, 6.07) is 1.39. The number of carbonyl (C=O) groups excluding carboxylic acids is 1. The van der Waals surface area contributed by atoms with Crippen LogP contribution in [0.3, 0.4) is 0 Å². The smallest absolute Gasteiger partial charge is 0.283 e. The van der Waals surface area contributed by atoms with Crippen LogP contribution in [0.1, 0.15) is 34.8 Å². The van der Waals surface area contributed by atoms with E-state index in [9.17, 15) is 14.9 Å². The minimum Gasteiger partial charge on any atom is -0.341 e. The first kappa shape index (κ1) is 16.6. The Morgan fingerprint density at radius 1 is 1.55 bits per heavy atom. The Morgan fingerprint density at radius 2 is 2.15 bits per heavy atom. The van der Waals surface area contributed by atoms with E-state index in [0.717, 1.165) is 11.3 Å². The zero-order valence-electron chi connectivity index (χ0n) is 12.3. The van der Waals surface area contributed by atoms with E-state index in [1.165, 1.54) is 6.07 Å². The van der Waals surface area contributed by atoms with Crippen molar-refractivity contribution >= 4 is 22.9 Å². The van der Waals surface area contributed by atoms with E-state index in [1.807, 2.05) is 13.8 Å². The molecule has 1 unspecified atom stereocenters. The maximum absolute atomic E-state index is 12.2. The Labute approximate surface area is 122 Å². The molecule has 0 aliphatic rings. The van der Waals surface area contributed by atoms with Crippen molar-refractivity contribution in [3.8, 4) is 0 Å². The van der Waals surface area contributed by atoms with Crippen LogP contribution in [0.2, 0.25) is 0 Å². The molecular weight excluding hydrogens is 278 g/mol. The average molecular weight is 299 g/mol. The first-order valence-corrected chi connectivity index (χ1v) is 7.31. The zero-order valence-corrected chi connectivity index (χ0v) is 13.1. The standard InChI is InChI=1S/C13H21N3O3S/c1-8(2)10(14)5-6-15(4)13(17)12-7-11(16(18)19)9(3)20-12/h7-8,10H,5-6,14H2,1-4H3. The number of hydrogen-bond acceptors (Lipinski definition) is 5. The van der Waals surface area contributed by atoms with Gasteiger partial charge in [-0.3, -0.25) is 14.9 Å². The van der Waals surface area contributed by atoms with Crippen molar-refractivity contribution in [2.45, 2.75) is 33.2 Å². The van der Waals surface area contributed by atoms with Gasteiger partial charge in [-0.25, -0.2) is 0 Å². The quantitative estimate of drug-likeness (QED) is 0.645. The van der Waals surface area contributed by atoms with Gasteiger partial charge < -0.3 is 10.6 Å². The average Bonchev–Trinajstić information content (AvgIpc) is 2.76. The van der Waals surface area contributed by atoms with Crippen molar-refractivity contribution in [1.29, 1.82) is 0 Å². The second-order valence-corrected chi connectivity index (χ2v) is 6.49. The summed E-state index contributed by atoms with van der Waals surface area (Å²) in [5.41, 5.74) is 5.95. The highest BCUT2D eigenvalue weighted by Crippen LogP contribution is 2.28. The predicted molar refractivity (Wildman–Crippen MR) is 80.1 cm³/mol. The second-order valence-electron chi connectivity index (χ2n) is 5.23. The lowest BCUT2D eigenvalue weighted by molar-refractivity contribution is -0.385. The van der Waals surface area contributed by atoms with E-state index >= 15 is 0 Å². The molecule has 1 rings (SSSR count). The third-order valence-corrected chi connectivity index (χ3v) is 4.33. The van der Waals surface area contributed by atoms with Gasteiger partial charge >= 0.3 is 0 Å². The molecule has 0 aliphatic heterocycles. The molecule has 0 aromatic carbocycles. The molecule has 6 nitrogen and oxygen atoms in total. The number of rotatable bonds is 6. The molecule has 1 amide bonds. The van der Waals surface area contributed by atoms with Crippen LogP contribution in [0.25, 0.3) is 0 Å². The van der Waals surface area contributed by atoms with E-state index in [0.29, 0.717) is 28.6 Å². The number of carbonyl (C=O) groups is 1. The van der Waals surface area contributed by atoms with E-state index in [4.69, 9.17) is 5.73 Å². The summed E-state index contributed by atoms with van der Waals surface area (Å²) in [6.45, 7) is 6.27. The fourth-order valence-corrected chi connectivity index (χ4v) is 2.71. The highest BCUT2D eigenvalue weighted by atomic mass is 32.1. The molecule has 2 N–H and O–H groups in total. The number of nitrogens with two attached hydrogens (primary N) is 1. The van der Waals surface area contributed by atoms with Gasteiger partial charge in [-0.05, 0) is 19.3 Å². The molecule has 20 heavy (non-hydrogen) atoms. The van der Waals surface area contributed by atoms with Crippen molar-refractivity contribution in [3.05, 3.63) is 25.9 Å². The molecule has 7 heteroatoms. The number of amides is 1. The van der Waals surface area contributed by atoms with Crippen LogP contribution in [-0.4, -0.2) is 35.4 Å². The summed E-state index contributed by atoms with van der Waals surface area (Å²) >= 11 is 1.16. The van der Waals surface area contributed by atoms with Gasteiger partial charge in [-0.1, -0.05) is 13.8 Å². The molecule has 1 aromatic rings. The topological polar surface area (TPSA) is 89.5 Å². The number of thiophene rings is 1. The summed E-state index contributed by atoms with van der Waals surface area (Å²) in [6.07, 6.45) is 0.715. The van der Waals surface area contributed by atoms with Crippen LogP contribution in [0.5, 0.6) is 0 Å². The Morgan fingerprint density at radius 3 is 2.60 bits per heavy atom. The van der Waals surface area contributed by atoms with Gasteiger partial charge in [0.15, 0.2) is 0 Å². The monoisotopic (exact) mass is 299 g/mol. The van der Waals surface area contributed by atoms with Gasteiger partial charge in [-0.2, -0.15) is 0 Å². The molecule has 0 radical (unpaired) electrons. The second kappa shape index (κ2) is 6.81. The minimum atomic E-state index is -0.461. The third-order valence-electron chi connectivity index (χ3n) is 3.30. The lowest BCUT2D eigenvalue weighted by Gasteiger charge is -2.21. The maximum atomic E-state index is 12.2. The lowest BCUT2D eigenvalue weighted by Crippen LogP contribution is -2.34. The van der Waals surface area contributed by atoms with Gasteiger partial charge in [0.25, 0.3) is 11.6 Å². The van der Waals surface area contributed by atoms with Crippen molar-refractivity contribution in [1.82, 2.24) is 4.90 Å². The first-order chi connectivity index (χ1) is 9.23. The van der Waals surface area contributed by atoms with Crippen molar-refractivity contribution in [2.24, 2.45) is 11.7 Å². The highest BCUT2D eigenvalue weighted by Gasteiger charge is 2.22. The summed E-state index contributed by atoms with van der Waals surface area (Å²) in [5, 5.41) is 10.8. The lowest BCUT2D eigenvalue weighted by atomic mass is 10.0. The Hall–Kier alpha value is -1.47. The van der Waals surface area contributed by atoms with Crippen LogP contribution in [0, 0.1) is 23.0 Å². The molecule has 0 spiro atoms. The Balaban J connectivity index is 2.70. The molecule has 112 valence electrons. The van der Waals surface area contributed by atoms with Crippen LogP contribution < -0.4 is 5.73 Å². The fourth-order valence-electron chi connectivity index (χ4n) is 1.72. The molecule has 0 aliphatic carbocycles. The summed E-state index contributed by atoms with van der Waals surface area (Å²) in [5.74, 6) is 0.172. The molecular formula is C13H21N3O3S.